The van der Waals surface area contributed by atoms with E-state index in [0.717, 1.165) is 11.0 Å². The maximum atomic E-state index is 13.1. The Morgan fingerprint density at radius 3 is 2.45 bits per heavy atom. The van der Waals surface area contributed by atoms with E-state index in [-0.39, 0.29) is 22.3 Å². The van der Waals surface area contributed by atoms with Gasteiger partial charge in [0.05, 0.1) is 16.8 Å². The summed E-state index contributed by atoms with van der Waals surface area (Å²) in [5.41, 5.74) is 2.52. The first kappa shape index (κ1) is 18.0. The molecule has 144 valence electrons. The number of benzene rings is 2. The smallest absolute Gasteiger partial charge is 0.267 e. The Morgan fingerprint density at radius 1 is 1.10 bits per heavy atom. The highest BCUT2D eigenvalue weighted by Crippen LogP contribution is 2.14. The number of hydrogen-bond acceptors (Lipinski definition) is 6. The number of hydrogen-bond donors (Lipinski definition) is 1. The zero-order chi connectivity index (χ0) is 20.5. The van der Waals surface area contributed by atoms with Crippen molar-refractivity contribution >= 4 is 22.6 Å². The number of nitrogens with zero attached hydrogens (tertiary/aromatic N) is 5. The van der Waals surface area contributed by atoms with Gasteiger partial charge in [0.2, 0.25) is 0 Å². The van der Waals surface area contributed by atoms with Crippen LogP contribution < -0.4 is 11.0 Å². The molecule has 10 nitrogen and oxygen atoms in total. The molecule has 2 heterocycles. The predicted octanol–water partition coefficient (Wildman–Crippen LogP) is 2.01. The van der Waals surface area contributed by atoms with E-state index in [1.54, 1.807) is 0 Å². The van der Waals surface area contributed by atoms with Crippen LogP contribution >= 0.6 is 0 Å². The van der Waals surface area contributed by atoms with Gasteiger partial charge in [0.1, 0.15) is 17.5 Å². The summed E-state index contributed by atoms with van der Waals surface area (Å²) >= 11 is 0. The monoisotopic (exact) mass is 394 g/mol. The van der Waals surface area contributed by atoms with Gasteiger partial charge in [0.25, 0.3) is 17.2 Å². The van der Waals surface area contributed by atoms with Crippen LogP contribution in [0.15, 0.2) is 65.8 Å². The molecule has 4 aromatic rings. The van der Waals surface area contributed by atoms with Crippen LogP contribution in [-0.4, -0.2) is 30.3 Å². The van der Waals surface area contributed by atoms with Gasteiger partial charge < -0.3 is 0 Å². The summed E-state index contributed by atoms with van der Waals surface area (Å²) < 4.78 is 15.4. The number of non-ortho nitro benzene ring substituents is 1. The van der Waals surface area contributed by atoms with Gasteiger partial charge in [-0.1, -0.05) is 0 Å². The normalized spacial score (nSPS) is 10.8. The van der Waals surface area contributed by atoms with E-state index in [1.165, 1.54) is 59.4 Å². The molecular weight excluding hydrogens is 383 g/mol. The van der Waals surface area contributed by atoms with Crippen molar-refractivity contribution in [2.24, 2.45) is 0 Å². The van der Waals surface area contributed by atoms with Crippen LogP contribution in [0.25, 0.3) is 16.7 Å². The molecule has 0 saturated carbocycles. The fraction of sp³-hybridized carbons (Fsp3) is 0. The first-order valence-electron chi connectivity index (χ1n) is 8.21. The van der Waals surface area contributed by atoms with Crippen LogP contribution in [0.3, 0.4) is 0 Å². The first-order valence-corrected chi connectivity index (χ1v) is 8.21. The molecule has 29 heavy (non-hydrogen) atoms. The third-order valence-corrected chi connectivity index (χ3v) is 4.12. The molecule has 1 N–H and O–H groups in total. The number of carbonyl (C=O) groups is 1. The number of nitro benzene ring substituents is 1. The van der Waals surface area contributed by atoms with Gasteiger partial charge in [-0.2, -0.15) is 5.10 Å². The number of rotatable bonds is 4. The highest BCUT2D eigenvalue weighted by molar-refractivity contribution is 6.00. The molecule has 11 heteroatoms. The lowest BCUT2D eigenvalue weighted by molar-refractivity contribution is -0.384. The summed E-state index contributed by atoms with van der Waals surface area (Å²) in [4.78, 5) is 39.2. The van der Waals surface area contributed by atoms with Crippen molar-refractivity contribution in [3.63, 3.8) is 0 Å². The standard InChI is InChI=1S/C18H11FN6O4/c19-12-3-7-13(8-4-12)24-16-15(9-21-24)18(27)23(10-20-16)22-17(26)11-1-5-14(6-2-11)25(28)29/h1-10H,(H,22,26). The largest absolute Gasteiger partial charge is 0.283 e. The zero-order valence-corrected chi connectivity index (χ0v) is 14.5. The summed E-state index contributed by atoms with van der Waals surface area (Å²) in [5, 5.41) is 14.9. The molecule has 0 fully saturated rings. The van der Waals surface area contributed by atoms with E-state index in [9.17, 15) is 24.1 Å². The Bertz CT molecular complexity index is 1290. The molecule has 0 aliphatic rings. The first-order chi connectivity index (χ1) is 13.9. The molecule has 0 aliphatic carbocycles. The SMILES string of the molecule is O=C(Nn1cnc2c(cnn2-c2ccc(F)cc2)c1=O)c1ccc([N+](=O)[O-])cc1. The minimum absolute atomic E-state index is 0.129. The molecule has 0 aliphatic heterocycles. The molecule has 0 radical (unpaired) electrons. The molecule has 4 rings (SSSR count). The maximum absolute atomic E-state index is 13.1. The number of aromatic nitrogens is 4. The molecule has 0 spiro atoms. The quantitative estimate of drug-likeness (QED) is 0.417. The van der Waals surface area contributed by atoms with Crippen LogP contribution in [0, 0.1) is 15.9 Å². The highest BCUT2D eigenvalue weighted by atomic mass is 19.1. The maximum Gasteiger partial charge on any atom is 0.283 e. The van der Waals surface area contributed by atoms with Gasteiger partial charge in [-0.3, -0.25) is 25.1 Å². The second-order valence-corrected chi connectivity index (χ2v) is 5.93. The molecular formula is C18H11FN6O4. The Hall–Kier alpha value is -4.41. The van der Waals surface area contributed by atoms with Crippen LogP contribution in [0.4, 0.5) is 10.1 Å². The molecule has 0 saturated heterocycles. The van der Waals surface area contributed by atoms with Gasteiger partial charge >= 0.3 is 0 Å². The number of halogens is 1. The summed E-state index contributed by atoms with van der Waals surface area (Å²) in [6, 6.07) is 10.4. The van der Waals surface area contributed by atoms with Crippen molar-refractivity contribution < 1.29 is 14.1 Å². The highest BCUT2D eigenvalue weighted by Gasteiger charge is 2.14. The Labute approximate surface area is 161 Å². The van der Waals surface area contributed by atoms with E-state index in [0.29, 0.717) is 5.69 Å². The minimum Gasteiger partial charge on any atom is -0.267 e. The summed E-state index contributed by atoms with van der Waals surface area (Å²) in [7, 11) is 0. The lowest BCUT2D eigenvalue weighted by Gasteiger charge is -2.08. The van der Waals surface area contributed by atoms with Gasteiger partial charge in [-0.25, -0.2) is 18.7 Å². The molecule has 2 aromatic heterocycles. The average molecular weight is 394 g/mol. The average Bonchev–Trinajstić information content (AvgIpc) is 3.15. The Kier molecular flexibility index (Phi) is 4.31. The van der Waals surface area contributed by atoms with E-state index in [2.05, 4.69) is 15.5 Å². The van der Waals surface area contributed by atoms with Crippen molar-refractivity contribution in [3.05, 3.63) is 92.9 Å². The van der Waals surface area contributed by atoms with Gasteiger partial charge in [0, 0.05) is 17.7 Å². The number of carbonyl (C=O) groups excluding carboxylic acids is 1. The molecule has 0 bridgehead atoms. The van der Waals surface area contributed by atoms with E-state index in [1.807, 2.05) is 0 Å². The third kappa shape index (κ3) is 3.32. The van der Waals surface area contributed by atoms with Gasteiger partial charge in [-0.05, 0) is 36.4 Å². The second kappa shape index (κ2) is 6.96. The molecule has 0 unspecified atom stereocenters. The van der Waals surface area contributed by atoms with Crippen molar-refractivity contribution in [1.82, 2.24) is 19.4 Å². The van der Waals surface area contributed by atoms with Gasteiger partial charge in [-0.15, -0.1) is 0 Å². The van der Waals surface area contributed by atoms with Crippen molar-refractivity contribution in [2.45, 2.75) is 0 Å². The van der Waals surface area contributed by atoms with Crippen molar-refractivity contribution in [2.75, 3.05) is 5.43 Å². The zero-order valence-electron chi connectivity index (χ0n) is 14.5. The Balaban J connectivity index is 1.64. The number of nitrogens with one attached hydrogen (secondary N) is 1. The Morgan fingerprint density at radius 2 is 1.79 bits per heavy atom. The fourth-order valence-corrected chi connectivity index (χ4v) is 2.67. The summed E-state index contributed by atoms with van der Waals surface area (Å²) in [6.07, 6.45) is 2.41. The lowest BCUT2D eigenvalue weighted by atomic mass is 10.2. The topological polar surface area (TPSA) is 125 Å². The summed E-state index contributed by atoms with van der Waals surface area (Å²) in [6.45, 7) is 0. The predicted molar refractivity (Wildman–Crippen MR) is 99.9 cm³/mol. The minimum atomic E-state index is -0.644. The van der Waals surface area contributed by atoms with E-state index in [4.69, 9.17) is 0 Å². The van der Waals surface area contributed by atoms with E-state index >= 15 is 0 Å². The van der Waals surface area contributed by atoms with Crippen LogP contribution in [-0.2, 0) is 0 Å². The van der Waals surface area contributed by atoms with Crippen LogP contribution in [0.2, 0.25) is 0 Å². The van der Waals surface area contributed by atoms with Crippen LogP contribution in [0.1, 0.15) is 10.4 Å². The van der Waals surface area contributed by atoms with Crippen molar-refractivity contribution in [3.8, 4) is 5.69 Å². The second-order valence-electron chi connectivity index (χ2n) is 5.93. The molecule has 2 aromatic carbocycles. The fourth-order valence-electron chi connectivity index (χ4n) is 2.67. The number of fused-ring (bicyclic) bond motifs is 1. The third-order valence-electron chi connectivity index (χ3n) is 4.12. The number of amides is 1. The van der Waals surface area contributed by atoms with Gasteiger partial charge in [0.15, 0.2) is 5.65 Å². The lowest BCUT2D eigenvalue weighted by Crippen LogP contribution is -2.33. The van der Waals surface area contributed by atoms with Crippen molar-refractivity contribution in [1.29, 1.82) is 0 Å². The summed E-state index contributed by atoms with van der Waals surface area (Å²) in [5.74, 6) is -1.05. The molecule has 1 amide bonds. The number of nitro groups is 1. The van der Waals surface area contributed by atoms with Crippen LogP contribution in [0.5, 0.6) is 0 Å². The molecule has 0 atom stereocenters. The van der Waals surface area contributed by atoms with E-state index < -0.39 is 22.2 Å².